The highest BCUT2D eigenvalue weighted by molar-refractivity contribution is 5.32. The minimum Gasteiger partial charge on any atom is -0.497 e. The van der Waals surface area contributed by atoms with Crippen LogP contribution in [0.1, 0.15) is 24.8 Å². The molecule has 1 aliphatic heterocycles. The lowest BCUT2D eigenvalue weighted by Crippen LogP contribution is -2.44. The molecule has 18 heavy (non-hydrogen) atoms. The second kappa shape index (κ2) is 5.67. The van der Waals surface area contributed by atoms with E-state index in [1.807, 2.05) is 12.1 Å². The van der Waals surface area contributed by atoms with Crippen molar-refractivity contribution < 1.29 is 9.13 Å². The van der Waals surface area contributed by atoms with Crippen LogP contribution in [0, 0.1) is 11.7 Å². The van der Waals surface area contributed by atoms with Gasteiger partial charge in [-0.25, -0.2) is 4.39 Å². The predicted molar refractivity (Wildman–Crippen MR) is 70.3 cm³/mol. The Morgan fingerprint density at radius 2 is 2.28 bits per heavy atom. The van der Waals surface area contributed by atoms with Crippen LogP contribution in [-0.2, 0) is 0 Å². The molecular formula is C14H21FN2O. The Morgan fingerprint density at radius 1 is 1.50 bits per heavy atom. The van der Waals surface area contributed by atoms with E-state index in [2.05, 4.69) is 12.2 Å². The highest BCUT2D eigenvalue weighted by Gasteiger charge is 2.30. The van der Waals surface area contributed by atoms with E-state index in [0.717, 1.165) is 18.5 Å². The summed E-state index contributed by atoms with van der Waals surface area (Å²) in [6, 6.07) is 5.51. The van der Waals surface area contributed by atoms with Crippen molar-refractivity contribution in [2.24, 2.45) is 11.7 Å². The van der Waals surface area contributed by atoms with E-state index in [0.29, 0.717) is 24.3 Å². The predicted octanol–water partition coefficient (Wildman–Crippen LogP) is 1.87. The van der Waals surface area contributed by atoms with Crippen LogP contribution < -0.4 is 15.8 Å². The zero-order chi connectivity index (χ0) is 13.1. The Kier molecular flexibility index (Phi) is 4.19. The third kappa shape index (κ3) is 2.65. The molecule has 1 heterocycles. The Bertz CT molecular complexity index is 411. The molecule has 0 bridgehead atoms. The third-order valence-corrected chi connectivity index (χ3v) is 3.81. The first-order valence-corrected chi connectivity index (χ1v) is 6.42. The number of methoxy groups -OCH3 is 1. The summed E-state index contributed by atoms with van der Waals surface area (Å²) in [5, 5.41) is 3.40. The van der Waals surface area contributed by atoms with Gasteiger partial charge in [-0.1, -0.05) is 6.07 Å². The number of halogens is 1. The number of rotatable bonds is 3. The molecule has 0 radical (unpaired) electrons. The van der Waals surface area contributed by atoms with Crippen molar-refractivity contribution in [1.29, 1.82) is 0 Å². The normalized spacial score (nSPS) is 28.1. The van der Waals surface area contributed by atoms with Crippen LogP contribution in [0.4, 0.5) is 4.39 Å². The summed E-state index contributed by atoms with van der Waals surface area (Å²) in [5.74, 6) is 0.857. The average molecular weight is 252 g/mol. The minimum absolute atomic E-state index is 0.188. The maximum absolute atomic E-state index is 14.1. The van der Waals surface area contributed by atoms with Crippen molar-refractivity contribution in [2.45, 2.75) is 25.3 Å². The molecule has 1 aliphatic rings. The van der Waals surface area contributed by atoms with Crippen LogP contribution in [0.5, 0.6) is 5.75 Å². The summed E-state index contributed by atoms with van der Waals surface area (Å²) in [6.45, 7) is 3.56. The van der Waals surface area contributed by atoms with Gasteiger partial charge in [0.1, 0.15) is 11.6 Å². The summed E-state index contributed by atoms with van der Waals surface area (Å²) in [7, 11) is 1.55. The molecule has 3 atom stereocenters. The standard InChI is InChI=1S/C14H21FN2O/c1-9-5-13(10(7-16)8-17-9)12-4-3-11(18-2)6-14(12)15/h3-4,6,9-10,13,17H,5,7-8,16H2,1-2H3. The van der Waals surface area contributed by atoms with Gasteiger partial charge in [0, 0.05) is 12.1 Å². The van der Waals surface area contributed by atoms with E-state index in [9.17, 15) is 4.39 Å². The van der Waals surface area contributed by atoms with Crippen LogP contribution in [0.25, 0.3) is 0 Å². The second-order valence-electron chi connectivity index (χ2n) is 5.03. The second-order valence-corrected chi connectivity index (χ2v) is 5.03. The summed E-state index contributed by atoms with van der Waals surface area (Å²) in [6.07, 6.45) is 0.922. The Hall–Kier alpha value is -1.13. The van der Waals surface area contributed by atoms with Crippen molar-refractivity contribution in [3.8, 4) is 5.75 Å². The molecule has 0 aliphatic carbocycles. The summed E-state index contributed by atoms with van der Waals surface area (Å²) in [4.78, 5) is 0. The minimum atomic E-state index is -0.188. The van der Waals surface area contributed by atoms with Crippen LogP contribution in [0.2, 0.25) is 0 Å². The average Bonchev–Trinajstić information content (AvgIpc) is 2.38. The maximum Gasteiger partial charge on any atom is 0.130 e. The lowest BCUT2D eigenvalue weighted by atomic mass is 9.78. The van der Waals surface area contributed by atoms with Crippen LogP contribution in [0.3, 0.4) is 0 Å². The highest BCUT2D eigenvalue weighted by atomic mass is 19.1. The topological polar surface area (TPSA) is 47.3 Å². The molecule has 0 spiro atoms. The molecule has 0 saturated carbocycles. The monoisotopic (exact) mass is 252 g/mol. The number of ether oxygens (including phenoxy) is 1. The lowest BCUT2D eigenvalue weighted by molar-refractivity contribution is 0.279. The molecule has 1 saturated heterocycles. The fraction of sp³-hybridized carbons (Fsp3) is 0.571. The third-order valence-electron chi connectivity index (χ3n) is 3.81. The molecular weight excluding hydrogens is 231 g/mol. The zero-order valence-electron chi connectivity index (χ0n) is 10.9. The summed E-state index contributed by atoms with van der Waals surface area (Å²) < 4.78 is 19.2. The van der Waals surface area contributed by atoms with Gasteiger partial charge in [0.15, 0.2) is 0 Å². The van der Waals surface area contributed by atoms with Crippen molar-refractivity contribution in [3.05, 3.63) is 29.6 Å². The number of piperidine rings is 1. The largest absolute Gasteiger partial charge is 0.497 e. The number of hydrogen-bond acceptors (Lipinski definition) is 3. The van der Waals surface area contributed by atoms with Crippen LogP contribution in [0.15, 0.2) is 18.2 Å². The van der Waals surface area contributed by atoms with Gasteiger partial charge >= 0.3 is 0 Å². The highest BCUT2D eigenvalue weighted by Crippen LogP contribution is 2.34. The molecule has 3 unspecified atom stereocenters. The first-order chi connectivity index (χ1) is 8.65. The van der Waals surface area contributed by atoms with E-state index in [4.69, 9.17) is 10.5 Å². The van der Waals surface area contributed by atoms with Crippen molar-refractivity contribution in [3.63, 3.8) is 0 Å². The Balaban J connectivity index is 2.27. The molecule has 1 fully saturated rings. The SMILES string of the molecule is COc1ccc(C2CC(C)NCC2CN)c(F)c1. The quantitative estimate of drug-likeness (QED) is 0.863. The van der Waals surface area contributed by atoms with Gasteiger partial charge in [-0.2, -0.15) is 0 Å². The van der Waals surface area contributed by atoms with E-state index in [1.54, 1.807) is 7.11 Å². The van der Waals surface area contributed by atoms with E-state index < -0.39 is 0 Å². The van der Waals surface area contributed by atoms with Gasteiger partial charge in [0.25, 0.3) is 0 Å². The molecule has 100 valence electrons. The van der Waals surface area contributed by atoms with Crippen LogP contribution in [-0.4, -0.2) is 26.2 Å². The summed E-state index contributed by atoms with van der Waals surface area (Å²) in [5.41, 5.74) is 6.56. The van der Waals surface area contributed by atoms with Gasteiger partial charge < -0.3 is 15.8 Å². The first kappa shape index (κ1) is 13.3. The summed E-state index contributed by atoms with van der Waals surface area (Å²) >= 11 is 0. The zero-order valence-corrected chi connectivity index (χ0v) is 10.9. The first-order valence-electron chi connectivity index (χ1n) is 6.42. The maximum atomic E-state index is 14.1. The van der Waals surface area contributed by atoms with Crippen LogP contribution >= 0.6 is 0 Å². The molecule has 0 aromatic heterocycles. The molecule has 2 rings (SSSR count). The fourth-order valence-corrected chi connectivity index (χ4v) is 2.72. The van der Waals surface area contributed by atoms with Gasteiger partial charge in [-0.05, 0) is 49.9 Å². The number of nitrogens with one attached hydrogen (secondary N) is 1. The molecule has 4 heteroatoms. The van der Waals surface area contributed by atoms with E-state index in [-0.39, 0.29) is 11.7 Å². The number of hydrogen-bond donors (Lipinski definition) is 2. The van der Waals surface area contributed by atoms with E-state index in [1.165, 1.54) is 6.07 Å². The smallest absolute Gasteiger partial charge is 0.130 e. The molecule has 1 aromatic carbocycles. The van der Waals surface area contributed by atoms with Crippen molar-refractivity contribution in [1.82, 2.24) is 5.32 Å². The Labute approximate surface area is 108 Å². The molecule has 1 aromatic rings. The number of nitrogens with two attached hydrogens (primary N) is 1. The van der Waals surface area contributed by atoms with Gasteiger partial charge in [0.2, 0.25) is 0 Å². The Morgan fingerprint density at radius 3 is 2.89 bits per heavy atom. The van der Waals surface area contributed by atoms with Gasteiger partial charge in [-0.3, -0.25) is 0 Å². The van der Waals surface area contributed by atoms with Gasteiger partial charge in [-0.15, -0.1) is 0 Å². The van der Waals surface area contributed by atoms with E-state index >= 15 is 0 Å². The fourth-order valence-electron chi connectivity index (χ4n) is 2.72. The van der Waals surface area contributed by atoms with Gasteiger partial charge in [0.05, 0.1) is 7.11 Å². The molecule has 0 amide bonds. The number of benzene rings is 1. The molecule has 3 nitrogen and oxygen atoms in total. The molecule has 3 N–H and O–H groups in total. The lowest BCUT2D eigenvalue weighted by Gasteiger charge is -2.35. The van der Waals surface area contributed by atoms with Crippen molar-refractivity contribution in [2.75, 3.05) is 20.2 Å². The van der Waals surface area contributed by atoms with Crippen molar-refractivity contribution >= 4 is 0 Å².